The Morgan fingerprint density at radius 1 is 0.844 bits per heavy atom. The van der Waals surface area contributed by atoms with Crippen molar-refractivity contribution in [3.8, 4) is 11.5 Å². The summed E-state index contributed by atoms with van der Waals surface area (Å²) < 4.78 is 11.0. The number of nitrogens with zero attached hydrogens (tertiary/aromatic N) is 3. The second-order valence-corrected chi connectivity index (χ2v) is 7.68. The van der Waals surface area contributed by atoms with Crippen LogP contribution in [0.2, 0.25) is 0 Å². The molecule has 32 heavy (non-hydrogen) atoms. The molecule has 168 valence electrons. The molecular formula is C25H29N3O4. The summed E-state index contributed by atoms with van der Waals surface area (Å²) in [5.41, 5.74) is 2.76. The Hall–Kier alpha value is -3.48. The van der Waals surface area contributed by atoms with Gasteiger partial charge in [-0.1, -0.05) is 24.3 Å². The molecule has 0 bridgehead atoms. The van der Waals surface area contributed by atoms with Crippen molar-refractivity contribution in [1.29, 1.82) is 0 Å². The Labute approximate surface area is 188 Å². The van der Waals surface area contributed by atoms with E-state index in [0.29, 0.717) is 37.5 Å². The number of carbonyl (C=O) groups is 2. The summed E-state index contributed by atoms with van der Waals surface area (Å²) in [7, 11) is 1.67. The highest BCUT2D eigenvalue weighted by Crippen LogP contribution is 2.34. The quantitative estimate of drug-likeness (QED) is 0.623. The number of rotatable bonds is 7. The first-order valence-electron chi connectivity index (χ1n) is 11.1. The number of hydrogen-bond donors (Lipinski definition) is 0. The summed E-state index contributed by atoms with van der Waals surface area (Å²) >= 11 is 0. The molecule has 0 saturated carbocycles. The summed E-state index contributed by atoms with van der Waals surface area (Å²) in [6.07, 6.45) is 0. The number of piperazine rings is 1. The highest BCUT2D eigenvalue weighted by Gasteiger charge is 2.41. The van der Waals surface area contributed by atoms with Crippen molar-refractivity contribution in [2.75, 3.05) is 51.3 Å². The molecule has 0 N–H and O–H groups in total. The van der Waals surface area contributed by atoms with Crippen molar-refractivity contribution < 1.29 is 19.1 Å². The standard InChI is InChI=1S/C25H29N3O4/c1-4-28-24(29)22(18-10-12-19(13-11-18)32-5-2)23(25(28)30)27-16-14-26(15-17-27)20-8-6-7-9-21(20)31-3/h6-13H,4-5,14-17H2,1-3H3. The van der Waals surface area contributed by atoms with Gasteiger partial charge in [0, 0.05) is 32.7 Å². The minimum absolute atomic E-state index is 0.216. The number of hydrogen-bond acceptors (Lipinski definition) is 6. The number of imide groups is 1. The molecule has 0 aliphatic carbocycles. The highest BCUT2D eigenvalue weighted by atomic mass is 16.5. The monoisotopic (exact) mass is 435 g/mol. The van der Waals surface area contributed by atoms with Crippen LogP contribution in [-0.2, 0) is 9.59 Å². The number of likely N-dealkylation sites (N-methyl/N-ethyl adjacent to an activating group) is 1. The number of benzene rings is 2. The maximum atomic E-state index is 13.2. The SMILES string of the molecule is CCOc1ccc(C2=C(N3CCN(c4ccccc4OC)CC3)C(=O)N(CC)C2=O)cc1. The van der Waals surface area contributed by atoms with Crippen molar-refractivity contribution >= 4 is 23.1 Å². The highest BCUT2D eigenvalue weighted by molar-refractivity contribution is 6.35. The van der Waals surface area contributed by atoms with Gasteiger partial charge in [0.15, 0.2) is 0 Å². The first-order chi connectivity index (χ1) is 15.6. The molecule has 0 aromatic heterocycles. The van der Waals surface area contributed by atoms with Crippen LogP contribution in [0.5, 0.6) is 11.5 Å². The minimum atomic E-state index is -0.233. The van der Waals surface area contributed by atoms with E-state index in [9.17, 15) is 9.59 Å². The third-order valence-corrected chi connectivity index (χ3v) is 5.94. The summed E-state index contributed by atoms with van der Waals surface area (Å²) in [5.74, 6) is 1.13. The average molecular weight is 436 g/mol. The number of amides is 2. The smallest absolute Gasteiger partial charge is 0.277 e. The van der Waals surface area contributed by atoms with Crippen LogP contribution in [0.1, 0.15) is 19.4 Å². The topological polar surface area (TPSA) is 62.3 Å². The lowest BCUT2D eigenvalue weighted by molar-refractivity contribution is -0.137. The third-order valence-electron chi connectivity index (χ3n) is 5.94. The van der Waals surface area contributed by atoms with Gasteiger partial charge >= 0.3 is 0 Å². The van der Waals surface area contributed by atoms with E-state index in [0.717, 1.165) is 35.8 Å². The summed E-state index contributed by atoms with van der Waals surface area (Å²) in [6, 6.07) is 15.3. The summed E-state index contributed by atoms with van der Waals surface area (Å²) in [5, 5.41) is 0. The molecule has 0 spiro atoms. The van der Waals surface area contributed by atoms with Gasteiger partial charge in [0.05, 0.1) is 25.0 Å². The van der Waals surface area contributed by atoms with E-state index in [1.54, 1.807) is 7.11 Å². The van der Waals surface area contributed by atoms with Gasteiger partial charge in [-0.15, -0.1) is 0 Å². The van der Waals surface area contributed by atoms with Crippen LogP contribution >= 0.6 is 0 Å². The molecule has 0 unspecified atom stereocenters. The normalized spacial score (nSPS) is 16.8. The number of ether oxygens (including phenoxy) is 2. The van der Waals surface area contributed by atoms with E-state index in [2.05, 4.69) is 4.90 Å². The molecular weight excluding hydrogens is 406 g/mol. The first-order valence-corrected chi connectivity index (χ1v) is 11.1. The van der Waals surface area contributed by atoms with Gasteiger partial charge in [-0.3, -0.25) is 14.5 Å². The fourth-order valence-corrected chi connectivity index (χ4v) is 4.35. The lowest BCUT2D eigenvalue weighted by atomic mass is 10.0. The Balaban J connectivity index is 1.62. The molecule has 1 fully saturated rings. The molecule has 2 aromatic rings. The third kappa shape index (κ3) is 3.90. The second kappa shape index (κ2) is 9.34. The zero-order chi connectivity index (χ0) is 22.7. The van der Waals surface area contributed by atoms with Gasteiger partial charge < -0.3 is 19.3 Å². The van der Waals surface area contributed by atoms with Crippen LogP contribution in [0.4, 0.5) is 5.69 Å². The maximum absolute atomic E-state index is 13.2. The molecule has 2 amide bonds. The Morgan fingerprint density at radius 2 is 1.50 bits per heavy atom. The number of para-hydroxylation sites is 2. The zero-order valence-electron chi connectivity index (χ0n) is 18.8. The molecule has 2 heterocycles. The van der Waals surface area contributed by atoms with Crippen molar-refractivity contribution in [3.63, 3.8) is 0 Å². The fraction of sp³-hybridized carbons (Fsp3) is 0.360. The van der Waals surface area contributed by atoms with Crippen molar-refractivity contribution in [1.82, 2.24) is 9.80 Å². The van der Waals surface area contributed by atoms with Gasteiger partial charge in [0.2, 0.25) is 0 Å². The lowest BCUT2D eigenvalue weighted by Crippen LogP contribution is -2.47. The van der Waals surface area contributed by atoms with Crippen molar-refractivity contribution in [3.05, 3.63) is 59.8 Å². The van der Waals surface area contributed by atoms with Crippen molar-refractivity contribution in [2.45, 2.75) is 13.8 Å². The Kier molecular flexibility index (Phi) is 6.35. The number of carbonyl (C=O) groups excluding carboxylic acids is 2. The number of anilines is 1. The molecule has 7 heteroatoms. The summed E-state index contributed by atoms with van der Waals surface area (Å²) in [4.78, 5) is 32.0. The van der Waals surface area contributed by atoms with Crippen LogP contribution in [-0.4, -0.2) is 68.1 Å². The fourth-order valence-electron chi connectivity index (χ4n) is 4.35. The van der Waals surface area contributed by atoms with Gasteiger partial charge in [-0.05, 0) is 43.7 Å². The average Bonchev–Trinajstić information content (AvgIpc) is 3.09. The predicted octanol–water partition coefficient (Wildman–Crippen LogP) is 3.02. The Bertz CT molecular complexity index is 1020. The summed E-state index contributed by atoms with van der Waals surface area (Å²) in [6.45, 7) is 7.43. The lowest BCUT2D eigenvalue weighted by Gasteiger charge is -2.38. The molecule has 2 aromatic carbocycles. The van der Waals surface area contributed by atoms with Crippen LogP contribution < -0.4 is 14.4 Å². The van der Waals surface area contributed by atoms with Crippen molar-refractivity contribution in [2.24, 2.45) is 0 Å². The van der Waals surface area contributed by atoms with E-state index < -0.39 is 0 Å². The molecule has 0 radical (unpaired) electrons. The van der Waals surface area contributed by atoms with Crippen LogP contribution in [0.15, 0.2) is 54.2 Å². The van der Waals surface area contributed by atoms with Crippen LogP contribution in [0.25, 0.3) is 5.57 Å². The molecule has 2 aliphatic rings. The predicted molar refractivity (Wildman–Crippen MR) is 124 cm³/mol. The first kappa shape index (κ1) is 21.7. The largest absolute Gasteiger partial charge is 0.495 e. The minimum Gasteiger partial charge on any atom is -0.495 e. The molecule has 0 atom stereocenters. The zero-order valence-corrected chi connectivity index (χ0v) is 18.8. The maximum Gasteiger partial charge on any atom is 0.277 e. The van der Waals surface area contributed by atoms with Gasteiger partial charge in [-0.25, -0.2) is 0 Å². The molecule has 7 nitrogen and oxygen atoms in total. The van der Waals surface area contributed by atoms with Crippen LogP contribution in [0.3, 0.4) is 0 Å². The van der Waals surface area contributed by atoms with E-state index in [1.165, 1.54) is 4.90 Å². The Morgan fingerprint density at radius 3 is 2.12 bits per heavy atom. The molecule has 4 rings (SSSR count). The van der Waals surface area contributed by atoms with E-state index >= 15 is 0 Å². The molecule has 2 aliphatic heterocycles. The van der Waals surface area contributed by atoms with Gasteiger partial charge in [0.25, 0.3) is 11.8 Å². The number of methoxy groups -OCH3 is 1. The van der Waals surface area contributed by atoms with Crippen LogP contribution in [0, 0.1) is 0 Å². The second-order valence-electron chi connectivity index (χ2n) is 7.68. The van der Waals surface area contributed by atoms with E-state index in [-0.39, 0.29) is 11.8 Å². The van der Waals surface area contributed by atoms with Gasteiger partial charge in [-0.2, -0.15) is 0 Å². The van der Waals surface area contributed by atoms with E-state index in [4.69, 9.17) is 9.47 Å². The molecule has 1 saturated heterocycles. The van der Waals surface area contributed by atoms with Gasteiger partial charge in [0.1, 0.15) is 17.2 Å². The van der Waals surface area contributed by atoms with E-state index in [1.807, 2.05) is 67.3 Å².